The number of hydrogen-bond acceptors (Lipinski definition) is 4. The van der Waals surface area contributed by atoms with Crippen molar-refractivity contribution >= 4 is 11.1 Å². The van der Waals surface area contributed by atoms with Crippen LogP contribution in [0.15, 0.2) is 27.4 Å². The number of fused-ring (bicyclic) bond motifs is 1. The molecule has 2 unspecified atom stereocenters. The molecule has 98 valence electrons. The summed E-state index contributed by atoms with van der Waals surface area (Å²) in [6.07, 6.45) is 0. The third kappa shape index (κ3) is 2.07. The maximum absolute atomic E-state index is 11.4. The fraction of sp³-hybridized carbons (Fsp3) is 0.462. The van der Waals surface area contributed by atoms with E-state index in [4.69, 9.17) is 10.2 Å². The Bertz CT molecular complexity index is 600. The molecule has 2 aromatic rings. The first-order chi connectivity index (χ1) is 8.58. The fourth-order valence-electron chi connectivity index (χ4n) is 2.25. The Hall–Kier alpha value is -1.59. The lowest BCUT2D eigenvalue weighted by Gasteiger charge is -2.22. The Kier molecular flexibility index (Phi) is 3.54. The van der Waals surface area contributed by atoms with Crippen molar-refractivity contribution in [1.29, 1.82) is 0 Å². The van der Waals surface area contributed by atoms with Gasteiger partial charge in [0.05, 0.1) is 5.52 Å². The lowest BCUT2D eigenvalue weighted by molar-refractivity contribution is 0.420. The minimum atomic E-state index is -0.338. The summed E-state index contributed by atoms with van der Waals surface area (Å²) in [4.78, 5) is 11.4. The van der Waals surface area contributed by atoms with Crippen LogP contribution in [-0.2, 0) is 7.05 Å². The summed E-state index contributed by atoms with van der Waals surface area (Å²) in [6.45, 7) is 2.70. The van der Waals surface area contributed by atoms with Gasteiger partial charge in [0, 0.05) is 13.1 Å². The van der Waals surface area contributed by atoms with E-state index in [1.54, 1.807) is 7.05 Å². The van der Waals surface area contributed by atoms with E-state index in [1.807, 2.05) is 25.2 Å². The van der Waals surface area contributed by atoms with E-state index in [2.05, 4.69) is 12.2 Å². The number of benzene rings is 1. The number of nitrogens with one attached hydrogen (secondary N) is 1. The minimum absolute atomic E-state index is 0.171. The van der Waals surface area contributed by atoms with Gasteiger partial charge in [-0.3, -0.25) is 4.57 Å². The van der Waals surface area contributed by atoms with Gasteiger partial charge in [0.1, 0.15) is 0 Å². The molecule has 0 radical (unpaired) electrons. The lowest BCUT2D eigenvalue weighted by atomic mass is 9.94. The molecule has 18 heavy (non-hydrogen) atoms. The first kappa shape index (κ1) is 12.9. The summed E-state index contributed by atoms with van der Waals surface area (Å²) in [5, 5.41) is 3.26. The van der Waals surface area contributed by atoms with Gasteiger partial charge in [0.2, 0.25) is 0 Å². The van der Waals surface area contributed by atoms with Gasteiger partial charge < -0.3 is 15.5 Å². The summed E-state index contributed by atoms with van der Waals surface area (Å²) < 4.78 is 6.63. The largest absolute Gasteiger partial charge is 0.419 e. The number of aromatic nitrogens is 1. The molecule has 0 aliphatic carbocycles. The summed E-state index contributed by atoms with van der Waals surface area (Å²) in [7, 11) is 3.62. The molecule has 1 aromatic heterocycles. The van der Waals surface area contributed by atoms with Crippen molar-refractivity contribution < 1.29 is 4.42 Å². The zero-order valence-corrected chi connectivity index (χ0v) is 10.9. The van der Waals surface area contributed by atoms with Crippen LogP contribution in [0.1, 0.15) is 18.5 Å². The standard InChI is InChI=1S/C13H19N3O2/c1-8(7-14)12(15-2)9-4-5-11-10(6-9)16(3)13(17)18-11/h4-6,8,12,15H,7,14H2,1-3H3. The Morgan fingerprint density at radius 1 is 1.50 bits per heavy atom. The summed E-state index contributed by atoms with van der Waals surface area (Å²) in [5.41, 5.74) is 8.25. The molecule has 0 saturated carbocycles. The Morgan fingerprint density at radius 2 is 2.22 bits per heavy atom. The van der Waals surface area contributed by atoms with E-state index in [0.717, 1.165) is 11.1 Å². The van der Waals surface area contributed by atoms with Crippen LogP contribution >= 0.6 is 0 Å². The van der Waals surface area contributed by atoms with Crippen LogP contribution in [0.5, 0.6) is 0 Å². The third-order valence-electron chi connectivity index (χ3n) is 3.43. The molecule has 1 heterocycles. The monoisotopic (exact) mass is 249 g/mol. The predicted molar refractivity (Wildman–Crippen MR) is 71.5 cm³/mol. The zero-order valence-electron chi connectivity index (χ0n) is 10.9. The van der Waals surface area contributed by atoms with E-state index in [0.29, 0.717) is 18.0 Å². The van der Waals surface area contributed by atoms with Gasteiger partial charge in [-0.15, -0.1) is 0 Å². The normalized spacial score (nSPS) is 14.9. The van der Waals surface area contributed by atoms with Crippen molar-refractivity contribution in [2.75, 3.05) is 13.6 Å². The zero-order chi connectivity index (χ0) is 13.3. The number of nitrogens with two attached hydrogens (primary N) is 1. The van der Waals surface area contributed by atoms with E-state index < -0.39 is 0 Å². The molecule has 0 bridgehead atoms. The molecule has 0 aliphatic heterocycles. The molecule has 0 spiro atoms. The summed E-state index contributed by atoms with van der Waals surface area (Å²) >= 11 is 0. The average Bonchev–Trinajstić information content (AvgIpc) is 2.66. The molecule has 5 heteroatoms. The Labute approximate surface area is 106 Å². The van der Waals surface area contributed by atoms with E-state index >= 15 is 0 Å². The smallest absolute Gasteiger partial charge is 0.408 e. The van der Waals surface area contributed by atoms with Gasteiger partial charge in [0.25, 0.3) is 0 Å². The predicted octanol–water partition coefficient (Wildman–Crippen LogP) is 0.987. The van der Waals surface area contributed by atoms with Crippen LogP contribution in [0, 0.1) is 5.92 Å². The number of nitrogens with zero attached hydrogens (tertiary/aromatic N) is 1. The maximum Gasteiger partial charge on any atom is 0.419 e. The van der Waals surface area contributed by atoms with Crippen molar-refractivity contribution in [3.05, 3.63) is 34.3 Å². The van der Waals surface area contributed by atoms with Crippen LogP contribution in [0.4, 0.5) is 0 Å². The fourth-order valence-corrected chi connectivity index (χ4v) is 2.25. The third-order valence-corrected chi connectivity index (χ3v) is 3.43. The van der Waals surface area contributed by atoms with Crippen LogP contribution in [0.3, 0.4) is 0 Å². The molecule has 0 saturated heterocycles. The van der Waals surface area contributed by atoms with Crippen molar-refractivity contribution in [2.24, 2.45) is 18.7 Å². The first-order valence-electron chi connectivity index (χ1n) is 6.05. The van der Waals surface area contributed by atoms with Gasteiger partial charge in [-0.25, -0.2) is 4.79 Å². The van der Waals surface area contributed by atoms with Crippen LogP contribution in [0.25, 0.3) is 11.1 Å². The first-order valence-corrected chi connectivity index (χ1v) is 6.05. The Balaban J connectivity index is 2.51. The highest BCUT2D eigenvalue weighted by Crippen LogP contribution is 2.24. The molecule has 1 aromatic carbocycles. The van der Waals surface area contributed by atoms with Crippen molar-refractivity contribution in [1.82, 2.24) is 9.88 Å². The van der Waals surface area contributed by atoms with E-state index in [9.17, 15) is 4.79 Å². The highest BCUT2D eigenvalue weighted by atomic mass is 16.4. The molecule has 0 aliphatic rings. The second kappa shape index (κ2) is 4.96. The van der Waals surface area contributed by atoms with Gasteiger partial charge >= 0.3 is 5.76 Å². The molecule has 0 fully saturated rings. The summed E-state index contributed by atoms with van der Waals surface area (Å²) in [6, 6.07) is 5.95. The second-order valence-corrected chi connectivity index (χ2v) is 4.63. The molecular weight excluding hydrogens is 230 g/mol. The minimum Gasteiger partial charge on any atom is -0.408 e. The number of oxazole rings is 1. The molecule has 0 amide bonds. The molecule has 3 N–H and O–H groups in total. The SMILES string of the molecule is CNC(c1ccc2oc(=O)n(C)c2c1)C(C)CN. The Morgan fingerprint density at radius 3 is 2.83 bits per heavy atom. The van der Waals surface area contributed by atoms with Crippen molar-refractivity contribution in [2.45, 2.75) is 13.0 Å². The average molecular weight is 249 g/mol. The van der Waals surface area contributed by atoms with E-state index in [-0.39, 0.29) is 11.8 Å². The summed E-state index contributed by atoms with van der Waals surface area (Å²) in [5.74, 6) is -0.0218. The van der Waals surface area contributed by atoms with Crippen LogP contribution in [0.2, 0.25) is 0 Å². The molecule has 2 rings (SSSR count). The second-order valence-electron chi connectivity index (χ2n) is 4.63. The van der Waals surface area contributed by atoms with Gasteiger partial charge in [-0.2, -0.15) is 0 Å². The van der Waals surface area contributed by atoms with Gasteiger partial charge in [0.15, 0.2) is 5.58 Å². The topological polar surface area (TPSA) is 73.2 Å². The molecule has 5 nitrogen and oxygen atoms in total. The van der Waals surface area contributed by atoms with Crippen LogP contribution in [-0.4, -0.2) is 18.2 Å². The van der Waals surface area contributed by atoms with Crippen molar-refractivity contribution in [3.8, 4) is 0 Å². The number of aryl methyl sites for hydroxylation is 1. The lowest BCUT2D eigenvalue weighted by Crippen LogP contribution is -2.28. The van der Waals surface area contributed by atoms with Gasteiger partial charge in [-0.05, 0) is 37.2 Å². The van der Waals surface area contributed by atoms with Crippen LogP contribution < -0.4 is 16.8 Å². The molecular formula is C13H19N3O2. The van der Waals surface area contributed by atoms with Gasteiger partial charge in [-0.1, -0.05) is 13.0 Å². The quantitative estimate of drug-likeness (QED) is 0.847. The number of rotatable bonds is 4. The van der Waals surface area contributed by atoms with Crippen molar-refractivity contribution in [3.63, 3.8) is 0 Å². The highest BCUT2D eigenvalue weighted by molar-refractivity contribution is 5.73. The van der Waals surface area contributed by atoms with E-state index in [1.165, 1.54) is 4.57 Å². The number of hydrogen-bond donors (Lipinski definition) is 2. The maximum atomic E-state index is 11.4. The molecule has 2 atom stereocenters. The highest BCUT2D eigenvalue weighted by Gasteiger charge is 2.17.